The van der Waals surface area contributed by atoms with Gasteiger partial charge in [0.05, 0.1) is 5.60 Å². The van der Waals surface area contributed by atoms with Gasteiger partial charge >= 0.3 is 5.97 Å². The van der Waals surface area contributed by atoms with Gasteiger partial charge in [0.2, 0.25) is 0 Å². The van der Waals surface area contributed by atoms with Crippen LogP contribution in [0.3, 0.4) is 0 Å². The number of carbonyl (C=O) groups is 1. The number of hydrogen-bond acceptors (Lipinski definition) is 3. The van der Waals surface area contributed by atoms with Crippen molar-refractivity contribution < 1.29 is 14.6 Å². The lowest BCUT2D eigenvalue weighted by atomic mass is 9.74. The maximum Gasteiger partial charge on any atom is 0.334 e. The van der Waals surface area contributed by atoms with Crippen molar-refractivity contribution in [3.05, 3.63) is 12.2 Å². The molecule has 1 aliphatic heterocycles. The highest BCUT2D eigenvalue weighted by molar-refractivity contribution is 5.90. The lowest BCUT2D eigenvalue weighted by molar-refractivity contribution is -0.157. The molecule has 1 saturated heterocycles. The van der Waals surface area contributed by atoms with Gasteiger partial charge in [-0.25, -0.2) is 4.79 Å². The molecule has 0 aromatic carbocycles. The highest BCUT2D eigenvalue weighted by Gasteiger charge is 2.49. The number of rotatable bonds is 0. The molecule has 0 bridgehead atoms. The van der Waals surface area contributed by atoms with Gasteiger partial charge in [0.1, 0.15) is 5.60 Å². The van der Waals surface area contributed by atoms with Crippen LogP contribution in [0.5, 0.6) is 0 Å². The van der Waals surface area contributed by atoms with E-state index in [-0.39, 0.29) is 5.97 Å². The third-order valence-electron chi connectivity index (χ3n) is 3.18. The summed E-state index contributed by atoms with van der Waals surface area (Å²) in [4.78, 5) is 11.3. The van der Waals surface area contributed by atoms with Gasteiger partial charge in [-0.3, -0.25) is 0 Å². The molecule has 1 N–H and O–H groups in total. The van der Waals surface area contributed by atoms with Crippen LogP contribution in [-0.2, 0) is 9.53 Å². The maximum absolute atomic E-state index is 11.3. The molecule has 2 rings (SSSR count). The molecule has 0 amide bonds. The van der Waals surface area contributed by atoms with Gasteiger partial charge in [0, 0.05) is 18.4 Å². The SMILES string of the molecule is C=C1CC2(CCCC(C)(O)C2)OC1=O. The van der Waals surface area contributed by atoms with Crippen LogP contribution < -0.4 is 0 Å². The topological polar surface area (TPSA) is 46.5 Å². The van der Waals surface area contributed by atoms with E-state index in [9.17, 15) is 9.90 Å². The van der Waals surface area contributed by atoms with E-state index in [1.165, 1.54) is 0 Å². The van der Waals surface area contributed by atoms with Crippen LogP contribution >= 0.6 is 0 Å². The smallest absolute Gasteiger partial charge is 0.334 e. The molecule has 0 aromatic rings. The molecule has 1 saturated carbocycles. The van der Waals surface area contributed by atoms with Crippen molar-refractivity contribution in [2.45, 2.75) is 50.2 Å². The predicted molar refractivity (Wildman–Crippen MR) is 51.7 cm³/mol. The van der Waals surface area contributed by atoms with E-state index >= 15 is 0 Å². The molecule has 2 unspecified atom stereocenters. The second kappa shape index (κ2) is 2.83. The fourth-order valence-electron chi connectivity index (χ4n) is 2.67. The molecule has 3 heteroatoms. The van der Waals surface area contributed by atoms with Gasteiger partial charge in [-0.1, -0.05) is 6.58 Å². The van der Waals surface area contributed by atoms with Crippen LogP contribution in [0.1, 0.15) is 39.0 Å². The molecule has 14 heavy (non-hydrogen) atoms. The highest BCUT2D eigenvalue weighted by atomic mass is 16.6. The van der Waals surface area contributed by atoms with Crippen molar-refractivity contribution in [3.8, 4) is 0 Å². The Morgan fingerprint density at radius 3 is 2.71 bits per heavy atom. The summed E-state index contributed by atoms with van der Waals surface area (Å²) in [5.41, 5.74) is -0.596. The number of carbonyl (C=O) groups excluding carboxylic acids is 1. The molecule has 2 fully saturated rings. The van der Waals surface area contributed by atoms with E-state index < -0.39 is 11.2 Å². The Morgan fingerprint density at radius 1 is 1.50 bits per heavy atom. The lowest BCUT2D eigenvalue weighted by Gasteiger charge is -2.39. The molecule has 1 spiro atoms. The third-order valence-corrected chi connectivity index (χ3v) is 3.18. The van der Waals surface area contributed by atoms with E-state index in [0.717, 1.165) is 19.3 Å². The maximum atomic E-state index is 11.3. The number of hydrogen-bond donors (Lipinski definition) is 1. The van der Waals surface area contributed by atoms with Crippen molar-refractivity contribution >= 4 is 5.97 Å². The van der Waals surface area contributed by atoms with Gasteiger partial charge in [0.25, 0.3) is 0 Å². The predicted octanol–water partition coefficient (Wildman–Crippen LogP) is 1.55. The minimum Gasteiger partial charge on any atom is -0.455 e. The second-order valence-corrected chi connectivity index (χ2v) is 4.88. The number of ether oxygens (including phenoxy) is 1. The normalized spacial score (nSPS) is 43.0. The second-order valence-electron chi connectivity index (χ2n) is 4.88. The molecular formula is C11H16O3. The molecule has 1 aliphatic carbocycles. The van der Waals surface area contributed by atoms with E-state index in [4.69, 9.17) is 4.74 Å². The van der Waals surface area contributed by atoms with Crippen molar-refractivity contribution in [2.24, 2.45) is 0 Å². The first-order valence-electron chi connectivity index (χ1n) is 5.06. The van der Waals surface area contributed by atoms with Crippen LogP contribution in [0.15, 0.2) is 12.2 Å². The van der Waals surface area contributed by atoms with E-state index in [1.54, 1.807) is 0 Å². The molecule has 0 aromatic heterocycles. The largest absolute Gasteiger partial charge is 0.455 e. The highest BCUT2D eigenvalue weighted by Crippen LogP contribution is 2.45. The van der Waals surface area contributed by atoms with Crippen LogP contribution in [0.4, 0.5) is 0 Å². The Bertz CT molecular complexity index is 275. The number of esters is 1. The van der Waals surface area contributed by atoms with Gasteiger partial charge < -0.3 is 9.84 Å². The van der Waals surface area contributed by atoms with Gasteiger partial charge in [0.15, 0.2) is 0 Å². The summed E-state index contributed by atoms with van der Waals surface area (Å²) in [5.74, 6) is -0.289. The average Bonchev–Trinajstić information content (AvgIpc) is 2.24. The summed E-state index contributed by atoms with van der Waals surface area (Å²) in [6, 6.07) is 0. The zero-order chi connectivity index (χ0) is 10.4. The molecule has 1 heterocycles. The summed E-state index contributed by atoms with van der Waals surface area (Å²) in [6.07, 6.45) is 3.69. The number of aliphatic hydroxyl groups is 1. The van der Waals surface area contributed by atoms with Crippen molar-refractivity contribution in [1.29, 1.82) is 0 Å². The Hall–Kier alpha value is -0.830. The molecule has 2 atom stereocenters. The van der Waals surface area contributed by atoms with Gasteiger partial charge in [-0.05, 0) is 26.2 Å². The monoisotopic (exact) mass is 196 g/mol. The fourth-order valence-corrected chi connectivity index (χ4v) is 2.67. The Morgan fingerprint density at radius 2 is 2.21 bits per heavy atom. The molecule has 78 valence electrons. The van der Waals surface area contributed by atoms with Gasteiger partial charge in [-0.2, -0.15) is 0 Å². The summed E-state index contributed by atoms with van der Waals surface area (Å²) in [5, 5.41) is 9.95. The fraction of sp³-hybridized carbons (Fsp3) is 0.727. The lowest BCUT2D eigenvalue weighted by Crippen LogP contribution is -2.43. The zero-order valence-electron chi connectivity index (χ0n) is 8.51. The van der Waals surface area contributed by atoms with Crippen LogP contribution in [0.25, 0.3) is 0 Å². The quantitative estimate of drug-likeness (QED) is 0.472. The summed E-state index contributed by atoms with van der Waals surface area (Å²) in [6.45, 7) is 5.48. The minimum atomic E-state index is -0.691. The minimum absolute atomic E-state index is 0.289. The van der Waals surface area contributed by atoms with Crippen molar-refractivity contribution in [2.75, 3.05) is 0 Å². The van der Waals surface area contributed by atoms with Crippen molar-refractivity contribution in [3.63, 3.8) is 0 Å². The summed E-state index contributed by atoms with van der Waals surface area (Å²) < 4.78 is 5.34. The first-order chi connectivity index (χ1) is 6.43. The van der Waals surface area contributed by atoms with Crippen molar-refractivity contribution in [1.82, 2.24) is 0 Å². The van der Waals surface area contributed by atoms with E-state index in [0.29, 0.717) is 18.4 Å². The van der Waals surface area contributed by atoms with Crippen LogP contribution in [0, 0.1) is 0 Å². The van der Waals surface area contributed by atoms with E-state index in [2.05, 4.69) is 6.58 Å². The zero-order valence-corrected chi connectivity index (χ0v) is 8.51. The Balaban J connectivity index is 2.18. The third kappa shape index (κ3) is 1.57. The average molecular weight is 196 g/mol. The molecule has 2 aliphatic rings. The molecule has 3 nitrogen and oxygen atoms in total. The summed E-state index contributed by atoms with van der Waals surface area (Å²) >= 11 is 0. The first kappa shape index (κ1) is 9.71. The van der Waals surface area contributed by atoms with Gasteiger partial charge in [-0.15, -0.1) is 0 Å². The van der Waals surface area contributed by atoms with Crippen LogP contribution in [0.2, 0.25) is 0 Å². The summed E-state index contributed by atoms with van der Waals surface area (Å²) in [7, 11) is 0. The first-order valence-corrected chi connectivity index (χ1v) is 5.06. The van der Waals surface area contributed by atoms with E-state index in [1.807, 2.05) is 6.92 Å². The standard InChI is InChI=1S/C11H16O3/c1-8-6-11(14-9(8)12)5-3-4-10(2,13)7-11/h13H,1,3-7H2,2H3. The Kier molecular flexibility index (Phi) is 1.96. The molecular weight excluding hydrogens is 180 g/mol. The molecule has 0 radical (unpaired) electrons. The Labute approximate surface area is 83.8 Å². The van der Waals surface area contributed by atoms with Crippen LogP contribution in [-0.4, -0.2) is 22.3 Å².